The van der Waals surface area contributed by atoms with Crippen LogP contribution in [0.3, 0.4) is 0 Å². The van der Waals surface area contributed by atoms with Gasteiger partial charge in [-0.25, -0.2) is 4.98 Å². The summed E-state index contributed by atoms with van der Waals surface area (Å²) in [6.07, 6.45) is 1.36. The third kappa shape index (κ3) is 1.67. The van der Waals surface area contributed by atoms with Gasteiger partial charge in [-0.2, -0.15) is 5.26 Å². The number of aliphatic hydroxyl groups is 1. The molecule has 76 valence electrons. The summed E-state index contributed by atoms with van der Waals surface area (Å²) < 4.78 is 0. The quantitative estimate of drug-likeness (QED) is 0.716. The molecule has 2 rings (SSSR count). The fraction of sp³-hybridized carbons (Fsp3) is 0.300. The second kappa shape index (κ2) is 3.67. The van der Waals surface area contributed by atoms with Gasteiger partial charge in [-0.3, -0.25) is 9.69 Å². The molecule has 1 saturated heterocycles. The highest BCUT2D eigenvalue weighted by molar-refractivity contribution is 5.94. The minimum Gasteiger partial charge on any atom is -0.373 e. The maximum Gasteiger partial charge on any atom is 0.230 e. The van der Waals surface area contributed by atoms with Gasteiger partial charge in [-0.05, 0) is 12.1 Å². The van der Waals surface area contributed by atoms with E-state index in [4.69, 9.17) is 5.26 Å². The van der Waals surface area contributed by atoms with E-state index >= 15 is 0 Å². The highest BCUT2D eigenvalue weighted by Gasteiger charge is 2.31. The van der Waals surface area contributed by atoms with Crippen LogP contribution in [0.15, 0.2) is 18.3 Å². The van der Waals surface area contributed by atoms with E-state index in [0.29, 0.717) is 24.2 Å². The lowest BCUT2D eigenvalue weighted by molar-refractivity contribution is -0.117. The molecule has 1 atom stereocenters. The van der Waals surface area contributed by atoms with Crippen molar-refractivity contribution in [3.8, 4) is 6.07 Å². The number of rotatable bonds is 1. The molecule has 1 aliphatic heterocycles. The number of amides is 1. The van der Waals surface area contributed by atoms with E-state index in [0.717, 1.165) is 0 Å². The number of aliphatic hydroxyl groups excluding tert-OH is 1. The number of nitrogens with zero attached hydrogens (tertiary/aromatic N) is 3. The third-order valence-corrected chi connectivity index (χ3v) is 2.30. The molecule has 0 radical (unpaired) electrons. The van der Waals surface area contributed by atoms with E-state index in [-0.39, 0.29) is 5.91 Å². The minimum absolute atomic E-state index is 0.162. The van der Waals surface area contributed by atoms with Crippen molar-refractivity contribution in [2.45, 2.75) is 19.1 Å². The first kappa shape index (κ1) is 9.62. The molecule has 1 aromatic heterocycles. The average molecular weight is 203 g/mol. The Kier molecular flexibility index (Phi) is 2.35. The number of hydrogen-bond acceptors (Lipinski definition) is 4. The van der Waals surface area contributed by atoms with E-state index in [1.165, 1.54) is 17.2 Å². The van der Waals surface area contributed by atoms with Gasteiger partial charge in [0.05, 0.1) is 11.6 Å². The molecule has 1 aliphatic rings. The first-order valence-electron chi connectivity index (χ1n) is 4.58. The number of nitriles is 1. The number of hydrogen-bond donors (Lipinski definition) is 1. The normalized spacial score (nSPS) is 20.4. The molecule has 5 heteroatoms. The first-order chi connectivity index (χ1) is 7.22. The van der Waals surface area contributed by atoms with Gasteiger partial charge in [0.2, 0.25) is 5.91 Å². The average Bonchev–Trinajstić information content (AvgIpc) is 2.59. The molecule has 1 amide bonds. The summed E-state index contributed by atoms with van der Waals surface area (Å²) in [5.41, 5.74) is 0.423. The van der Waals surface area contributed by atoms with Crippen LogP contribution in [0.1, 0.15) is 18.4 Å². The monoisotopic (exact) mass is 203 g/mol. The highest BCUT2D eigenvalue weighted by Crippen LogP contribution is 2.23. The molecule has 15 heavy (non-hydrogen) atoms. The summed E-state index contributed by atoms with van der Waals surface area (Å²) in [6.45, 7) is 0. The number of carbonyl (C=O) groups excluding carboxylic acids is 1. The Bertz CT molecular complexity index is 439. The van der Waals surface area contributed by atoms with Crippen LogP contribution in [-0.2, 0) is 4.79 Å². The molecule has 2 heterocycles. The van der Waals surface area contributed by atoms with Crippen LogP contribution in [0.2, 0.25) is 0 Å². The van der Waals surface area contributed by atoms with Gasteiger partial charge in [0, 0.05) is 19.0 Å². The first-order valence-corrected chi connectivity index (χ1v) is 4.58. The van der Waals surface area contributed by atoms with Gasteiger partial charge in [0.15, 0.2) is 0 Å². The van der Waals surface area contributed by atoms with E-state index < -0.39 is 6.23 Å². The Morgan fingerprint density at radius 1 is 1.67 bits per heavy atom. The standard InChI is InChI=1S/C10H9N3O2/c11-6-7-3-4-12-8(5-7)13-9(14)1-2-10(13)15/h3-5,9,14H,1-2H2/t9-/m1/s1. The van der Waals surface area contributed by atoms with Gasteiger partial charge < -0.3 is 5.11 Å². The lowest BCUT2D eigenvalue weighted by atomic mass is 10.3. The van der Waals surface area contributed by atoms with Crippen LogP contribution < -0.4 is 4.90 Å². The molecule has 0 saturated carbocycles. The van der Waals surface area contributed by atoms with Crippen molar-refractivity contribution in [2.75, 3.05) is 4.90 Å². The third-order valence-electron chi connectivity index (χ3n) is 2.30. The van der Waals surface area contributed by atoms with Gasteiger partial charge in [-0.15, -0.1) is 0 Å². The maximum atomic E-state index is 11.4. The van der Waals surface area contributed by atoms with E-state index in [1.807, 2.05) is 6.07 Å². The van der Waals surface area contributed by atoms with Crippen molar-refractivity contribution in [1.29, 1.82) is 5.26 Å². The fourth-order valence-electron chi connectivity index (χ4n) is 1.57. The van der Waals surface area contributed by atoms with Gasteiger partial charge in [0.1, 0.15) is 12.0 Å². The summed E-state index contributed by atoms with van der Waals surface area (Å²) >= 11 is 0. The molecule has 0 aromatic carbocycles. The van der Waals surface area contributed by atoms with Crippen LogP contribution in [0.4, 0.5) is 5.82 Å². The number of pyridine rings is 1. The van der Waals surface area contributed by atoms with E-state index in [2.05, 4.69) is 4.98 Å². The molecular formula is C10H9N3O2. The van der Waals surface area contributed by atoms with Crippen molar-refractivity contribution in [3.05, 3.63) is 23.9 Å². The van der Waals surface area contributed by atoms with Crippen LogP contribution in [0.5, 0.6) is 0 Å². The zero-order valence-corrected chi connectivity index (χ0v) is 7.92. The maximum absolute atomic E-state index is 11.4. The molecule has 0 aliphatic carbocycles. The van der Waals surface area contributed by atoms with Crippen LogP contribution >= 0.6 is 0 Å². The van der Waals surface area contributed by atoms with E-state index in [9.17, 15) is 9.90 Å². The molecule has 1 aromatic rings. The highest BCUT2D eigenvalue weighted by atomic mass is 16.3. The predicted molar refractivity (Wildman–Crippen MR) is 51.7 cm³/mol. The smallest absolute Gasteiger partial charge is 0.230 e. The van der Waals surface area contributed by atoms with Crippen molar-refractivity contribution in [2.24, 2.45) is 0 Å². The summed E-state index contributed by atoms with van der Waals surface area (Å²) in [7, 11) is 0. The zero-order chi connectivity index (χ0) is 10.8. The van der Waals surface area contributed by atoms with Gasteiger partial charge in [0.25, 0.3) is 0 Å². The van der Waals surface area contributed by atoms with Crippen LogP contribution in [-0.4, -0.2) is 22.2 Å². The lowest BCUT2D eigenvalue weighted by Crippen LogP contribution is -2.33. The van der Waals surface area contributed by atoms with E-state index in [1.54, 1.807) is 6.07 Å². The van der Waals surface area contributed by atoms with Crippen molar-refractivity contribution >= 4 is 11.7 Å². The molecule has 1 fully saturated rings. The Morgan fingerprint density at radius 3 is 3.07 bits per heavy atom. The molecule has 0 spiro atoms. The fourth-order valence-corrected chi connectivity index (χ4v) is 1.57. The Balaban J connectivity index is 2.37. The SMILES string of the molecule is N#Cc1ccnc(N2C(=O)CC[C@H]2O)c1. The number of carbonyl (C=O) groups is 1. The summed E-state index contributed by atoms with van der Waals surface area (Å²) in [4.78, 5) is 16.6. The topological polar surface area (TPSA) is 77.2 Å². The van der Waals surface area contributed by atoms with Crippen molar-refractivity contribution in [1.82, 2.24) is 4.98 Å². The van der Waals surface area contributed by atoms with Gasteiger partial charge in [-0.1, -0.05) is 0 Å². The Labute approximate surface area is 86.6 Å². The summed E-state index contributed by atoms with van der Waals surface area (Å²) in [5.74, 6) is 0.175. The zero-order valence-electron chi connectivity index (χ0n) is 7.92. The number of anilines is 1. The van der Waals surface area contributed by atoms with Crippen molar-refractivity contribution in [3.63, 3.8) is 0 Å². The molecule has 1 N–H and O–H groups in total. The molecular weight excluding hydrogens is 194 g/mol. The predicted octanol–water partition coefficient (Wildman–Crippen LogP) is 0.398. The largest absolute Gasteiger partial charge is 0.373 e. The second-order valence-electron chi connectivity index (χ2n) is 3.30. The Hall–Kier alpha value is -1.93. The summed E-state index contributed by atoms with van der Waals surface area (Å²) in [5, 5.41) is 18.3. The van der Waals surface area contributed by atoms with Crippen LogP contribution in [0, 0.1) is 11.3 Å². The molecule has 0 bridgehead atoms. The molecule has 0 unspecified atom stereocenters. The lowest BCUT2D eigenvalue weighted by Gasteiger charge is -2.18. The number of aromatic nitrogens is 1. The summed E-state index contributed by atoms with van der Waals surface area (Å²) in [6, 6.07) is 5.01. The minimum atomic E-state index is -0.820. The van der Waals surface area contributed by atoms with Crippen LogP contribution in [0.25, 0.3) is 0 Å². The van der Waals surface area contributed by atoms with Gasteiger partial charge >= 0.3 is 0 Å². The second-order valence-corrected chi connectivity index (χ2v) is 3.30. The molecule has 5 nitrogen and oxygen atoms in total. The van der Waals surface area contributed by atoms with Crippen molar-refractivity contribution < 1.29 is 9.90 Å². The Morgan fingerprint density at radius 2 is 2.47 bits per heavy atom.